The van der Waals surface area contributed by atoms with Gasteiger partial charge in [-0.3, -0.25) is 4.79 Å². The van der Waals surface area contributed by atoms with Gasteiger partial charge in [-0.15, -0.1) is 0 Å². The molecule has 14 heavy (non-hydrogen) atoms. The molecule has 72 valence electrons. The molecule has 2 nitrogen and oxygen atoms in total. The fourth-order valence-electron chi connectivity index (χ4n) is 1.15. The van der Waals surface area contributed by atoms with E-state index in [1.807, 2.05) is 6.07 Å². The molecule has 1 atom stereocenters. The summed E-state index contributed by atoms with van der Waals surface area (Å²) in [6.45, 7) is 1.34. The van der Waals surface area contributed by atoms with Gasteiger partial charge >= 0.3 is 0 Å². The Kier molecular flexibility index (Phi) is 3.51. The van der Waals surface area contributed by atoms with Crippen molar-refractivity contribution in [2.45, 2.75) is 12.8 Å². The van der Waals surface area contributed by atoms with E-state index in [9.17, 15) is 4.79 Å². The van der Waals surface area contributed by atoms with Gasteiger partial charge in [0.25, 0.3) is 0 Å². The lowest BCUT2D eigenvalue weighted by atomic mass is 9.97. The number of nitrogens with zero attached hydrogens (tertiary/aromatic N) is 1. The number of benzene rings is 1. The number of rotatable bonds is 2. The van der Waals surface area contributed by atoms with Crippen molar-refractivity contribution in [3.63, 3.8) is 0 Å². The maximum atomic E-state index is 11.1. The van der Waals surface area contributed by atoms with E-state index in [-0.39, 0.29) is 5.78 Å². The van der Waals surface area contributed by atoms with Gasteiger partial charge in [0.1, 0.15) is 5.92 Å². The zero-order chi connectivity index (χ0) is 10.7. The Morgan fingerprint density at radius 3 is 2.29 bits per heavy atom. The summed E-state index contributed by atoms with van der Waals surface area (Å²) in [5, 5.41) is 9.50. The highest BCUT2D eigenvalue weighted by Gasteiger charge is 2.21. The average molecular weight is 228 g/mol. The zero-order valence-electron chi connectivity index (χ0n) is 7.42. The summed E-state index contributed by atoms with van der Waals surface area (Å²) in [5.74, 6) is -1.14. The van der Waals surface area contributed by atoms with Gasteiger partial charge in [-0.1, -0.05) is 29.3 Å². The van der Waals surface area contributed by atoms with Gasteiger partial charge in [-0.25, -0.2) is 0 Å². The Balaban J connectivity index is 3.31. The quantitative estimate of drug-likeness (QED) is 0.779. The predicted octanol–water partition coefficient (Wildman–Crippen LogP) is 3.19. The molecule has 1 aromatic carbocycles. The zero-order valence-corrected chi connectivity index (χ0v) is 8.93. The second-order valence-corrected chi connectivity index (χ2v) is 3.62. The van der Waals surface area contributed by atoms with Crippen LogP contribution in [0.4, 0.5) is 0 Å². The lowest BCUT2D eigenvalue weighted by Gasteiger charge is -2.09. The normalized spacial score (nSPS) is 11.9. The van der Waals surface area contributed by atoms with E-state index in [2.05, 4.69) is 0 Å². The summed E-state index contributed by atoms with van der Waals surface area (Å²) >= 11 is 11.7. The lowest BCUT2D eigenvalue weighted by Crippen LogP contribution is -2.07. The van der Waals surface area contributed by atoms with Gasteiger partial charge in [0.05, 0.1) is 6.07 Å². The van der Waals surface area contributed by atoms with E-state index in [1.165, 1.54) is 6.92 Å². The Morgan fingerprint density at radius 2 is 1.93 bits per heavy atom. The second kappa shape index (κ2) is 4.45. The number of ketones is 1. The lowest BCUT2D eigenvalue weighted by molar-refractivity contribution is -0.117. The number of hydrogen-bond acceptors (Lipinski definition) is 2. The smallest absolute Gasteiger partial charge is 0.151 e. The van der Waals surface area contributed by atoms with Crippen LogP contribution in [0.5, 0.6) is 0 Å². The number of hydrogen-bond donors (Lipinski definition) is 0. The first-order valence-corrected chi connectivity index (χ1v) is 4.67. The highest BCUT2D eigenvalue weighted by molar-refractivity contribution is 6.36. The minimum atomic E-state index is -0.879. The van der Waals surface area contributed by atoms with Gasteiger partial charge in [0, 0.05) is 15.6 Å². The van der Waals surface area contributed by atoms with Crippen molar-refractivity contribution in [1.29, 1.82) is 5.26 Å². The van der Waals surface area contributed by atoms with Crippen LogP contribution in [-0.4, -0.2) is 5.78 Å². The van der Waals surface area contributed by atoms with Gasteiger partial charge in [0.15, 0.2) is 5.78 Å². The molecular formula is C10H7Cl2NO. The molecule has 0 radical (unpaired) electrons. The van der Waals surface area contributed by atoms with E-state index in [0.29, 0.717) is 15.6 Å². The summed E-state index contributed by atoms with van der Waals surface area (Å²) in [4.78, 5) is 11.1. The third-order valence-electron chi connectivity index (χ3n) is 1.82. The van der Waals surface area contributed by atoms with Crippen molar-refractivity contribution in [2.75, 3.05) is 0 Å². The van der Waals surface area contributed by atoms with Gasteiger partial charge in [0.2, 0.25) is 0 Å². The standard InChI is InChI=1S/C10H7Cl2NO/c1-6(14)7(5-13)10-8(11)3-2-4-9(10)12/h2-4,7H,1H3. The van der Waals surface area contributed by atoms with Crippen LogP contribution in [0.3, 0.4) is 0 Å². The molecule has 0 aliphatic rings. The maximum Gasteiger partial charge on any atom is 0.151 e. The summed E-state index contributed by atoms with van der Waals surface area (Å²) in [6.07, 6.45) is 0. The van der Waals surface area contributed by atoms with Gasteiger partial charge < -0.3 is 0 Å². The molecule has 0 saturated heterocycles. The van der Waals surface area contributed by atoms with E-state index in [4.69, 9.17) is 28.5 Å². The molecule has 0 aliphatic carbocycles. The molecule has 0 bridgehead atoms. The third kappa shape index (κ3) is 2.06. The Labute approximate surface area is 92.1 Å². The van der Waals surface area contributed by atoms with Crippen LogP contribution in [-0.2, 0) is 4.79 Å². The van der Waals surface area contributed by atoms with Crippen molar-refractivity contribution < 1.29 is 4.79 Å². The van der Waals surface area contributed by atoms with Gasteiger partial charge in [-0.05, 0) is 19.1 Å². The van der Waals surface area contributed by atoms with E-state index in [0.717, 1.165) is 0 Å². The molecule has 4 heteroatoms. The molecule has 0 saturated carbocycles. The van der Waals surface area contributed by atoms with Crippen LogP contribution in [0.25, 0.3) is 0 Å². The molecule has 1 unspecified atom stereocenters. The average Bonchev–Trinajstić information content (AvgIpc) is 2.10. The molecule has 1 rings (SSSR count). The van der Waals surface area contributed by atoms with Crippen molar-refractivity contribution in [3.8, 4) is 6.07 Å². The summed E-state index contributed by atoms with van der Waals surface area (Å²) in [7, 11) is 0. The van der Waals surface area contributed by atoms with Crippen LogP contribution in [0, 0.1) is 11.3 Å². The molecule has 0 aliphatic heterocycles. The molecule has 0 spiro atoms. The Hall–Kier alpha value is -1.04. The van der Waals surface area contributed by atoms with Crippen molar-refractivity contribution in [1.82, 2.24) is 0 Å². The fourth-order valence-corrected chi connectivity index (χ4v) is 1.76. The van der Waals surface area contributed by atoms with Crippen LogP contribution in [0.1, 0.15) is 18.4 Å². The number of nitriles is 1. The molecule has 0 fully saturated rings. The highest BCUT2D eigenvalue weighted by atomic mass is 35.5. The third-order valence-corrected chi connectivity index (χ3v) is 2.48. The minimum absolute atomic E-state index is 0.262. The van der Waals surface area contributed by atoms with Crippen LogP contribution < -0.4 is 0 Å². The monoisotopic (exact) mass is 227 g/mol. The first-order chi connectivity index (χ1) is 6.57. The van der Waals surface area contributed by atoms with E-state index >= 15 is 0 Å². The highest BCUT2D eigenvalue weighted by Crippen LogP contribution is 2.31. The van der Waals surface area contributed by atoms with Crippen molar-refractivity contribution in [2.24, 2.45) is 0 Å². The largest absolute Gasteiger partial charge is 0.298 e. The first kappa shape index (κ1) is 11.0. The van der Waals surface area contributed by atoms with Crippen molar-refractivity contribution in [3.05, 3.63) is 33.8 Å². The SMILES string of the molecule is CC(=O)C(C#N)c1c(Cl)cccc1Cl. The molecule has 0 N–H and O–H groups in total. The van der Waals surface area contributed by atoms with Crippen LogP contribution in [0.2, 0.25) is 10.0 Å². The minimum Gasteiger partial charge on any atom is -0.298 e. The molecular weight excluding hydrogens is 221 g/mol. The number of Topliss-reactive ketones (excluding diaryl/α,β-unsaturated/α-hetero) is 1. The van der Waals surface area contributed by atoms with Crippen LogP contribution in [0.15, 0.2) is 18.2 Å². The Bertz CT molecular complexity index is 389. The molecule has 0 aromatic heterocycles. The topological polar surface area (TPSA) is 40.9 Å². The fraction of sp³-hybridized carbons (Fsp3) is 0.200. The Morgan fingerprint density at radius 1 is 1.43 bits per heavy atom. The van der Waals surface area contributed by atoms with Gasteiger partial charge in [-0.2, -0.15) is 5.26 Å². The second-order valence-electron chi connectivity index (χ2n) is 2.81. The number of carbonyl (C=O) groups is 1. The maximum absolute atomic E-state index is 11.1. The summed E-state index contributed by atoms with van der Waals surface area (Å²) < 4.78 is 0. The molecule has 0 amide bonds. The summed E-state index contributed by atoms with van der Waals surface area (Å²) in [6, 6.07) is 6.76. The number of halogens is 2. The van der Waals surface area contributed by atoms with E-state index in [1.54, 1.807) is 18.2 Å². The summed E-state index contributed by atoms with van der Waals surface area (Å²) in [5.41, 5.74) is 0.394. The number of carbonyl (C=O) groups excluding carboxylic acids is 1. The molecule has 1 aromatic rings. The molecule has 0 heterocycles. The first-order valence-electron chi connectivity index (χ1n) is 3.92. The van der Waals surface area contributed by atoms with Crippen LogP contribution >= 0.6 is 23.2 Å². The predicted molar refractivity (Wildman–Crippen MR) is 55.5 cm³/mol. The van der Waals surface area contributed by atoms with E-state index < -0.39 is 5.92 Å². The van der Waals surface area contributed by atoms with Crippen molar-refractivity contribution >= 4 is 29.0 Å².